The van der Waals surface area contributed by atoms with Crippen molar-refractivity contribution in [3.05, 3.63) is 70.7 Å². The van der Waals surface area contributed by atoms with E-state index >= 15 is 0 Å². The molecule has 0 fully saturated rings. The standard InChI is InChI=1S/C16H15BrO/c1-3-18-16-10-6-14(7-11-16)12(2)13-4-8-15(17)9-5-13/h4-11H,2-3H2,1H3. The predicted octanol–water partition coefficient (Wildman–Crippen LogP) is 4.91. The highest BCUT2D eigenvalue weighted by atomic mass is 79.9. The topological polar surface area (TPSA) is 9.23 Å². The van der Waals surface area contributed by atoms with Crippen LogP contribution >= 0.6 is 15.9 Å². The molecule has 0 saturated carbocycles. The Morgan fingerprint density at radius 3 is 2.00 bits per heavy atom. The van der Waals surface area contributed by atoms with E-state index in [4.69, 9.17) is 4.74 Å². The first-order valence-electron chi connectivity index (χ1n) is 5.89. The van der Waals surface area contributed by atoms with Crippen LogP contribution in [0.2, 0.25) is 0 Å². The summed E-state index contributed by atoms with van der Waals surface area (Å²) in [7, 11) is 0. The van der Waals surface area contributed by atoms with Crippen LogP contribution in [0.25, 0.3) is 5.57 Å². The van der Waals surface area contributed by atoms with Gasteiger partial charge in [0.1, 0.15) is 5.75 Å². The summed E-state index contributed by atoms with van der Waals surface area (Å²) < 4.78 is 6.50. The molecule has 0 aliphatic carbocycles. The van der Waals surface area contributed by atoms with Crippen molar-refractivity contribution in [1.29, 1.82) is 0 Å². The lowest BCUT2D eigenvalue weighted by Crippen LogP contribution is -1.91. The van der Waals surface area contributed by atoms with Crippen molar-refractivity contribution in [2.45, 2.75) is 6.92 Å². The van der Waals surface area contributed by atoms with Gasteiger partial charge in [-0.25, -0.2) is 0 Å². The molecule has 0 spiro atoms. The summed E-state index contributed by atoms with van der Waals surface area (Å²) in [5, 5.41) is 0. The van der Waals surface area contributed by atoms with Crippen LogP contribution in [0.3, 0.4) is 0 Å². The molecule has 0 saturated heterocycles. The maximum Gasteiger partial charge on any atom is 0.119 e. The maximum absolute atomic E-state index is 5.43. The molecule has 1 nitrogen and oxygen atoms in total. The summed E-state index contributed by atoms with van der Waals surface area (Å²) in [4.78, 5) is 0. The van der Waals surface area contributed by atoms with Crippen molar-refractivity contribution >= 4 is 21.5 Å². The molecule has 2 aromatic rings. The van der Waals surface area contributed by atoms with E-state index in [9.17, 15) is 0 Å². The van der Waals surface area contributed by atoms with Crippen LogP contribution in [-0.2, 0) is 0 Å². The molecule has 0 heterocycles. The van der Waals surface area contributed by atoms with Gasteiger partial charge >= 0.3 is 0 Å². The summed E-state index contributed by atoms with van der Waals surface area (Å²) in [5.41, 5.74) is 3.26. The van der Waals surface area contributed by atoms with Gasteiger partial charge in [0.2, 0.25) is 0 Å². The van der Waals surface area contributed by atoms with Gasteiger partial charge in [0.15, 0.2) is 0 Å². The Bertz CT molecular complexity index is 526. The molecule has 2 aromatic carbocycles. The van der Waals surface area contributed by atoms with Gasteiger partial charge < -0.3 is 4.74 Å². The highest BCUT2D eigenvalue weighted by molar-refractivity contribution is 9.10. The lowest BCUT2D eigenvalue weighted by Gasteiger charge is -2.08. The quantitative estimate of drug-likeness (QED) is 0.780. The van der Waals surface area contributed by atoms with E-state index < -0.39 is 0 Å². The summed E-state index contributed by atoms with van der Waals surface area (Å²) in [6.07, 6.45) is 0. The van der Waals surface area contributed by atoms with Crippen molar-refractivity contribution in [2.24, 2.45) is 0 Å². The highest BCUT2D eigenvalue weighted by Crippen LogP contribution is 2.24. The number of ether oxygens (including phenoxy) is 1. The number of benzene rings is 2. The summed E-state index contributed by atoms with van der Waals surface area (Å²) in [6.45, 7) is 6.81. The zero-order valence-corrected chi connectivity index (χ0v) is 11.9. The third-order valence-corrected chi connectivity index (χ3v) is 3.24. The molecule has 92 valence electrons. The number of rotatable bonds is 4. The number of hydrogen-bond donors (Lipinski definition) is 0. The fourth-order valence-electron chi connectivity index (χ4n) is 1.74. The molecular weight excluding hydrogens is 288 g/mol. The smallest absolute Gasteiger partial charge is 0.119 e. The predicted molar refractivity (Wildman–Crippen MR) is 79.9 cm³/mol. The number of halogens is 1. The SMILES string of the molecule is C=C(c1ccc(Br)cc1)c1ccc(OCC)cc1. The third kappa shape index (κ3) is 3.02. The zero-order valence-electron chi connectivity index (χ0n) is 10.3. The Morgan fingerprint density at radius 1 is 1.00 bits per heavy atom. The van der Waals surface area contributed by atoms with E-state index in [1.165, 1.54) is 0 Å². The Labute approximate surface area is 116 Å². The third-order valence-electron chi connectivity index (χ3n) is 2.71. The molecule has 0 N–H and O–H groups in total. The van der Waals surface area contributed by atoms with E-state index in [1.54, 1.807) is 0 Å². The lowest BCUT2D eigenvalue weighted by molar-refractivity contribution is 0.340. The summed E-state index contributed by atoms with van der Waals surface area (Å²) in [6, 6.07) is 16.2. The molecule has 0 aromatic heterocycles. The van der Waals surface area contributed by atoms with Gasteiger partial charge in [0.25, 0.3) is 0 Å². The van der Waals surface area contributed by atoms with Gasteiger partial charge in [-0.2, -0.15) is 0 Å². The lowest BCUT2D eigenvalue weighted by atomic mass is 10.00. The van der Waals surface area contributed by atoms with E-state index in [0.29, 0.717) is 6.61 Å². The molecule has 2 heteroatoms. The first-order chi connectivity index (χ1) is 8.70. The van der Waals surface area contributed by atoms with Crippen LogP contribution in [0.15, 0.2) is 59.6 Å². The van der Waals surface area contributed by atoms with Crippen LogP contribution in [-0.4, -0.2) is 6.61 Å². The average Bonchev–Trinajstić information content (AvgIpc) is 2.40. The Morgan fingerprint density at radius 2 is 1.50 bits per heavy atom. The minimum Gasteiger partial charge on any atom is -0.494 e. The van der Waals surface area contributed by atoms with Crippen molar-refractivity contribution in [3.8, 4) is 5.75 Å². The van der Waals surface area contributed by atoms with Crippen molar-refractivity contribution in [1.82, 2.24) is 0 Å². The zero-order chi connectivity index (χ0) is 13.0. The monoisotopic (exact) mass is 302 g/mol. The van der Waals surface area contributed by atoms with Gasteiger partial charge in [0, 0.05) is 4.47 Å². The van der Waals surface area contributed by atoms with Crippen LogP contribution < -0.4 is 4.74 Å². The molecule has 0 amide bonds. The molecule has 0 radical (unpaired) electrons. The van der Waals surface area contributed by atoms with Crippen molar-refractivity contribution < 1.29 is 4.74 Å². The average molecular weight is 303 g/mol. The maximum atomic E-state index is 5.43. The molecule has 2 rings (SSSR count). The van der Waals surface area contributed by atoms with Crippen LogP contribution in [0.4, 0.5) is 0 Å². The van der Waals surface area contributed by atoms with Crippen molar-refractivity contribution in [2.75, 3.05) is 6.61 Å². The van der Waals surface area contributed by atoms with Gasteiger partial charge in [0.05, 0.1) is 6.61 Å². The Hall–Kier alpha value is -1.54. The van der Waals surface area contributed by atoms with Crippen LogP contribution in [0.5, 0.6) is 5.75 Å². The minimum absolute atomic E-state index is 0.688. The fourth-order valence-corrected chi connectivity index (χ4v) is 2.00. The van der Waals surface area contributed by atoms with Gasteiger partial charge in [-0.15, -0.1) is 0 Å². The first kappa shape index (κ1) is 12.9. The van der Waals surface area contributed by atoms with E-state index in [1.807, 2.05) is 43.3 Å². The summed E-state index contributed by atoms with van der Waals surface area (Å²) >= 11 is 3.43. The molecule has 0 atom stereocenters. The second-order valence-electron chi connectivity index (χ2n) is 3.94. The second kappa shape index (κ2) is 5.87. The molecule has 18 heavy (non-hydrogen) atoms. The normalized spacial score (nSPS) is 10.1. The van der Waals surface area contributed by atoms with Crippen LogP contribution in [0.1, 0.15) is 18.1 Å². The fraction of sp³-hybridized carbons (Fsp3) is 0.125. The largest absolute Gasteiger partial charge is 0.494 e. The highest BCUT2D eigenvalue weighted by Gasteiger charge is 2.02. The summed E-state index contributed by atoms with van der Waals surface area (Å²) in [5.74, 6) is 0.893. The molecule has 0 aliphatic rings. The second-order valence-corrected chi connectivity index (χ2v) is 4.86. The van der Waals surface area contributed by atoms with Crippen LogP contribution in [0, 0.1) is 0 Å². The van der Waals surface area contributed by atoms with Crippen molar-refractivity contribution in [3.63, 3.8) is 0 Å². The van der Waals surface area contributed by atoms with E-state index in [-0.39, 0.29) is 0 Å². The molecule has 0 aliphatic heterocycles. The molecule has 0 bridgehead atoms. The minimum atomic E-state index is 0.688. The Kier molecular flexibility index (Phi) is 4.21. The van der Waals surface area contributed by atoms with E-state index in [2.05, 4.69) is 34.6 Å². The first-order valence-corrected chi connectivity index (χ1v) is 6.68. The van der Waals surface area contributed by atoms with Gasteiger partial charge in [-0.1, -0.05) is 46.8 Å². The number of hydrogen-bond acceptors (Lipinski definition) is 1. The Balaban J connectivity index is 2.20. The van der Waals surface area contributed by atoms with Gasteiger partial charge in [-0.05, 0) is 47.9 Å². The van der Waals surface area contributed by atoms with Gasteiger partial charge in [-0.3, -0.25) is 0 Å². The molecule has 0 unspecified atom stereocenters. The molecular formula is C16H15BrO. The van der Waals surface area contributed by atoms with E-state index in [0.717, 1.165) is 26.9 Å².